The van der Waals surface area contributed by atoms with Crippen molar-refractivity contribution in [1.29, 1.82) is 0 Å². The van der Waals surface area contributed by atoms with Crippen LogP contribution >= 0.6 is 0 Å². The molecule has 2 aromatic carbocycles. The molecule has 0 saturated carbocycles. The molecular weight excluding hydrogens is 426 g/mol. The summed E-state index contributed by atoms with van der Waals surface area (Å²) in [5.74, 6) is 1.74. The van der Waals surface area contributed by atoms with Gasteiger partial charge in [-0.15, -0.1) is 0 Å². The third kappa shape index (κ3) is 6.84. The molecule has 4 rings (SSSR count). The SMILES string of the molecule is Cc1ccc(OC[C@]2(O)CCCN(Cc3cccc(OCCn4cc(C)cn4)c3)CC2)c(C)c1. The molecule has 6 heteroatoms. The minimum absolute atomic E-state index is 0.337. The number of hydrogen-bond donors (Lipinski definition) is 1. The zero-order chi connectivity index (χ0) is 24.0. The molecule has 1 aliphatic heterocycles. The number of nitrogens with zero attached hydrogens (tertiary/aromatic N) is 3. The molecule has 0 bridgehead atoms. The molecule has 0 unspecified atom stereocenters. The van der Waals surface area contributed by atoms with E-state index in [0.29, 0.717) is 19.6 Å². The Labute approximate surface area is 203 Å². The Morgan fingerprint density at radius 2 is 1.88 bits per heavy atom. The smallest absolute Gasteiger partial charge is 0.122 e. The van der Waals surface area contributed by atoms with Crippen LogP contribution in [0.2, 0.25) is 0 Å². The van der Waals surface area contributed by atoms with E-state index in [0.717, 1.165) is 61.6 Å². The molecule has 1 saturated heterocycles. The third-order valence-electron chi connectivity index (χ3n) is 6.49. The topological polar surface area (TPSA) is 59.8 Å². The highest BCUT2D eigenvalue weighted by Crippen LogP contribution is 2.27. The van der Waals surface area contributed by atoms with Crippen LogP contribution < -0.4 is 9.47 Å². The van der Waals surface area contributed by atoms with Gasteiger partial charge in [0.05, 0.1) is 18.3 Å². The van der Waals surface area contributed by atoms with Gasteiger partial charge in [-0.05, 0) is 81.5 Å². The first-order chi connectivity index (χ1) is 16.4. The van der Waals surface area contributed by atoms with Crippen LogP contribution in [0.5, 0.6) is 11.5 Å². The number of rotatable bonds is 9. The van der Waals surface area contributed by atoms with Crippen LogP contribution in [0.4, 0.5) is 0 Å². The van der Waals surface area contributed by atoms with E-state index < -0.39 is 5.60 Å². The van der Waals surface area contributed by atoms with Gasteiger partial charge in [0.15, 0.2) is 0 Å². The molecule has 1 aliphatic rings. The van der Waals surface area contributed by atoms with Crippen molar-refractivity contribution in [2.24, 2.45) is 0 Å². The number of hydrogen-bond acceptors (Lipinski definition) is 5. The van der Waals surface area contributed by atoms with E-state index in [1.165, 1.54) is 11.1 Å². The summed E-state index contributed by atoms with van der Waals surface area (Å²) in [6.07, 6.45) is 6.29. The summed E-state index contributed by atoms with van der Waals surface area (Å²) in [4.78, 5) is 2.42. The molecule has 1 N–H and O–H groups in total. The lowest BCUT2D eigenvalue weighted by atomic mass is 9.96. The second-order valence-corrected chi connectivity index (χ2v) is 9.69. The molecule has 0 radical (unpaired) electrons. The normalized spacial score (nSPS) is 19.1. The van der Waals surface area contributed by atoms with Crippen molar-refractivity contribution in [3.8, 4) is 11.5 Å². The summed E-state index contributed by atoms with van der Waals surface area (Å²) >= 11 is 0. The summed E-state index contributed by atoms with van der Waals surface area (Å²) < 4.78 is 13.9. The number of aryl methyl sites for hydroxylation is 3. The summed E-state index contributed by atoms with van der Waals surface area (Å²) in [5, 5.41) is 15.5. The Kier molecular flexibility index (Phi) is 7.91. The van der Waals surface area contributed by atoms with Crippen molar-refractivity contribution in [3.05, 3.63) is 77.1 Å². The summed E-state index contributed by atoms with van der Waals surface area (Å²) in [6.45, 7) is 10.5. The Bertz CT molecular complexity index is 1080. The molecule has 34 heavy (non-hydrogen) atoms. The first-order valence-electron chi connectivity index (χ1n) is 12.2. The first-order valence-corrected chi connectivity index (χ1v) is 12.2. The number of aromatic nitrogens is 2. The van der Waals surface area contributed by atoms with Gasteiger partial charge in [0.1, 0.15) is 24.7 Å². The second-order valence-electron chi connectivity index (χ2n) is 9.69. The zero-order valence-corrected chi connectivity index (χ0v) is 20.7. The van der Waals surface area contributed by atoms with E-state index in [1.54, 1.807) is 0 Å². The lowest BCUT2D eigenvalue weighted by Gasteiger charge is -2.27. The lowest BCUT2D eigenvalue weighted by Crippen LogP contribution is -2.37. The van der Waals surface area contributed by atoms with E-state index in [1.807, 2.05) is 36.1 Å². The fourth-order valence-electron chi connectivity index (χ4n) is 4.55. The van der Waals surface area contributed by atoms with Crippen LogP contribution in [0.3, 0.4) is 0 Å². The van der Waals surface area contributed by atoms with Gasteiger partial charge in [0.25, 0.3) is 0 Å². The largest absolute Gasteiger partial charge is 0.492 e. The van der Waals surface area contributed by atoms with Crippen molar-refractivity contribution in [2.45, 2.75) is 58.7 Å². The van der Waals surface area contributed by atoms with Crippen LogP contribution in [0, 0.1) is 20.8 Å². The molecule has 1 fully saturated rings. The van der Waals surface area contributed by atoms with Crippen LogP contribution in [-0.2, 0) is 13.1 Å². The first kappa shape index (κ1) is 24.3. The van der Waals surface area contributed by atoms with Crippen LogP contribution in [0.1, 0.15) is 41.5 Å². The zero-order valence-electron chi connectivity index (χ0n) is 20.7. The fraction of sp³-hybridized carbons (Fsp3) is 0.464. The second kappa shape index (κ2) is 11.1. The van der Waals surface area contributed by atoms with Gasteiger partial charge in [-0.3, -0.25) is 9.58 Å². The predicted octanol–water partition coefficient (Wildman–Crippen LogP) is 4.68. The van der Waals surface area contributed by atoms with Crippen molar-refractivity contribution in [3.63, 3.8) is 0 Å². The van der Waals surface area contributed by atoms with Gasteiger partial charge in [-0.1, -0.05) is 29.8 Å². The highest BCUT2D eigenvalue weighted by Gasteiger charge is 2.31. The number of ether oxygens (including phenoxy) is 2. The minimum atomic E-state index is -0.790. The minimum Gasteiger partial charge on any atom is -0.492 e. The standard InChI is InChI=1S/C28H37N3O3/c1-22-8-9-27(24(3)16-22)34-21-28(32)10-5-12-30(13-11-28)20-25-6-4-7-26(17-25)33-15-14-31-19-23(2)18-29-31/h4,6-9,16-19,32H,5,10-15,20-21H2,1-3H3/t28-/m0/s1. The summed E-state index contributed by atoms with van der Waals surface area (Å²) in [7, 11) is 0. The van der Waals surface area contributed by atoms with Gasteiger partial charge in [-0.2, -0.15) is 5.10 Å². The van der Waals surface area contributed by atoms with Crippen molar-refractivity contribution in [1.82, 2.24) is 14.7 Å². The maximum absolute atomic E-state index is 11.2. The Morgan fingerprint density at radius 3 is 2.68 bits per heavy atom. The maximum Gasteiger partial charge on any atom is 0.122 e. The fourth-order valence-corrected chi connectivity index (χ4v) is 4.55. The monoisotopic (exact) mass is 463 g/mol. The summed E-state index contributed by atoms with van der Waals surface area (Å²) in [6, 6.07) is 14.5. The van der Waals surface area contributed by atoms with Crippen molar-refractivity contribution in [2.75, 3.05) is 26.3 Å². The molecular formula is C28H37N3O3. The van der Waals surface area contributed by atoms with E-state index in [-0.39, 0.29) is 0 Å². The lowest BCUT2D eigenvalue weighted by molar-refractivity contribution is -0.0170. The molecule has 3 aromatic rings. The Balaban J connectivity index is 1.26. The molecule has 2 heterocycles. The highest BCUT2D eigenvalue weighted by molar-refractivity contribution is 5.35. The maximum atomic E-state index is 11.2. The summed E-state index contributed by atoms with van der Waals surface area (Å²) in [5.41, 5.74) is 3.92. The molecule has 1 atom stereocenters. The van der Waals surface area contributed by atoms with Crippen LogP contribution in [0.15, 0.2) is 54.9 Å². The van der Waals surface area contributed by atoms with Crippen LogP contribution in [0.25, 0.3) is 0 Å². The number of likely N-dealkylation sites (tertiary alicyclic amines) is 1. The van der Waals surface area contributed by atoms with Crippen LogP contribution in [-0.4, -0.2) is 51.7 Å². The predicted molar refractivity (Wildman–Crippen MR) is 134 cm³/mol. The Hall–Kier alpha value is -2.83. The van der Waals surface area contributed by atoms with Gasteiger partial charge in [0, 0.05) is 19.3 Å². The van der Waals surface area contributed by atoms with Gasteiger partial charge in [0.2, 0.25) is 0 Å². The molecule has 0 aliphatic carbocycles. The van der Waals surface area contributed by atoms with Crippen molar-refractivity contribution < 1.29 is 14.6 Å². The number of aliphatic hydroxyl groups is 1. The molecule has 0 spiro atoms. The van der Waals surface area contributed by atoms with E-state index in [2.05, 4.69) is 54.2 Å². The quantitative estimate of drug-likeness (QED) is 0.499. The third-order valence-corrected chi connectivity index (χ3v) is 6.49. The van der Waals surface area contributed by atoms with Gasteiger partial charge < -0.3 is 14.6 Å². The molecule has 182 valence electrons. The highest BCUT2D eigenvalue weighted by atomic mass is 16.5. The molecule has 1 aromatic heterocycles. The Morgan fingerprint density at radius 1 is 1.00 bits per heavy atom. The molecule has 6 nitrogen and oxygen atoms in total. The van der Waals surface area contributed by atoms with E-state index in [4.69, 9.17) is 9.47 Å². The number of benzene rings is 2. The molecule has 0 amide bonds. The van der Waals surface area contributed by atoms with Crippen molar-refractivity contribution >= 4 is 0 Å². The van der Waals surface area contributed by atoms with Gasteiger partial charge >= 0.3 is 0 Å². The average molecular weight is 464 g/mol. The average Bonchev–Trinajstić information content (AvgIpc) is 3.13. The van der Waals surface area contributed by atoms with E-state index >= 15 is 0 Å². The van der Waals surface area contributed by atoms with Gasteiger partial charge in [-0.25, -0.2) is 0 Å². The van der Waals surface area contributed by atoms with E-state index in [9.17, 15) is 5.11 Å².